The fraction of sp³-hybridized carbons (Fsp3) is 0.435. The molecule has 2 atom stereocenters. The first kappa shape index (κ1) is 18.3. The van der Waals surface area contributed by atoms with Gasteiger partial charge in [0.05, 0.1) is 11.9 Å². The number of imidazole rings is 1. The van der Waals surface area contributed by atoms with Crippen molar-refractivity contribution in [1.29, 1.82) is 0 Å². The summed E-state index contributed by atoms with van der Waals surface area (Å²) in [5.41, 5.74) is 3.57. The first-order valence-electron chi connectivity index (χ1n) is 10.7. The Morgan fingerprint density at radius 3 is 2.97 bits per heavy atom. The number of carbonyl (C=O) groups excluding carboxylic acids is 1. The highest BCUT2D eigenvalue weighted by Crippen LogP contribution is 2.26. The Hall–Kier alpha value is -2.73. The molecule has 150 valence electrons. The van der Waals surface area contributed by atoms with Gasteiger partial charge in [-0.05, 0) is 49.8 Å². The summed E-state index contributed by atoms with van der Waals surface area (Å²) in [6.07, 6.45) is 7.94. The van der Waals surface area contributed by atoms with E-state index in [4.69, 9.17) is 0 Å². The van der Waals surface area contributed by atoms with Crippen LogP contribution in [0.25, 0.3) is 11.2 Å². The van der Waals surface area contributed by atoms with E-state index in [2.05, 4.69) is 44.1 Å². The third kappa shape index (κ3) is 3.77. The van der Waals surface area contributed by atoms with E-state index in [1.165, 1.54) is 18.4 Å². The molecule has 2 aliphatic heterocycles. The van der Waals surface area contributed by atoms with Crippen LogP contribution in [0, 0.1) is 5.92 Å². The van der Waals surface area contributed by atoms with Crippen molar-refractivity contribution in [2.24, 2.45) is 5.92 Å². The molecule has 1 N–H and O–H groups in total. The topological polar surface area (TPSA) is 63.1 Å². The zero-order valence-corrected chi connectivity index (χ0v) is 16.6. The van der Waals surface area contributed by atoms with E-state index in [0.29, 0.717) is 17.5 Å². The number of nitrogens with zero attached hydrogens (tertiary/aromatic N) is 4. The maximum Gasteiger partial charge on any atom is 0.255 e. The predicted octanol–water partition coefficient (Wildman–Crippen LogP) is 2.89. The van der Waals surface area contributed by atoms with E-state index in [0.717, 1.165) is 50.2 Å². The van der Waals surface area contributed by atoms with E-state index in [1.807, 2.05) is 23.4 Å². The summed E-state index contributed by atoms with van der Waals surface area (Å²) in [5, 5.41) is 3.61. The normalized spacial score (nSPS) is 21.9. The molecule has 6 nitrogen and oxygen atoms in total. The van der Waals surface area contributed by atoms with Crippen molar-refractivity contribution in [1.82, 2.24) is 24.8 Å². The van der Waals surface area contributed by atoms with Crippen molar-refractivity contribution in [2.75, 3.05) is 19.6 Å². The summed E-state index contributed by atoms with van der Waals surface area (Å²) in [4.78, 5) is 24.2. The number of hydrogen-bond acceptors (Lipinski definition) is 4. The number of pyridine rings is 1. The van der Waals surface area contributed by atoms with E-state index in [9.17, 15) is 4.79 Å². The molecule has 0 unspecified atom stereocenters. The molecule has 1 aromatic carbocycles. The van der Waals surface area contributed by atoms with Crippen molar-refractivity contribution in [3.63, 3.8) is 0 Å². The minimum absolute atomic E-state index is 0.0854. The number of likely N-dealkylation sites (tertiary alicyclic amines) is 1. The molecule has 4 heterocycles. The highest BCUT2D eigenvalue weighted by atomic mass is 16.2. The molecule has 2 aliphatic rings. The molecule has 0 bridgehead atoms. The largest absolute Gasteiger partial charge is 0.338 e. The maximum atomic E-state index is 13.1. The quantitative estimate of drug-likeness (QED) is 0.745. The summed E-state index contributed by atoms with van der Waals surface area (Å²) in [6, 6.07) is 12.9. The van der Waals surface area contributed by atoms with Gasteiger partial charge < -0.3 is 14.8 Å². The molecule has 2 saturated heterocycles. The molecule has 5 rings (SSSR count). The van der Waals surface area contributed by atoms with Crippen molar-refractivity contribution in [2.45, 2.75) is 38.3 Å². The Bertz CT molecular complexity index is 999. The number of fused-ring (bicyclic) bond motifs is 2. The summed E-state index contributed by atoms with van der Waals surface area (Å²) in [7, 11) is 0. The zero-order chi connectivity index (χ0) is 19.6. The fourth-order valence-electron chi connectivity index (χ4n) is 4.74. The lowest BCUT2D eigenvalue weighted by Crippen LogP contribution is -2.53. The van der Waals surface area contributed by atoms with E-state index < -0.39 is 0 Å². The smallest absolute Gasteiger partial charge is 0.255 e. The minimum atomic E-state index is 0.0854. The van der Waals surface area contributed by atoms with Gasteiger partial charge in [-0.15, -0.1) is 0 Å². The Labute approximate surface area is 171 Å². The van der Waals surface area contributed by atoms with Gasteiger partial charge in [0.1, 0.15) is 5.52 Å². The van der Waals surface area contributed by atoms with Gasteiger partial charge in [0.25, 0.3) is 5.91 Å². The molecule has 6 heteroatoms. The van der Waals surface area contributed by atoms with Gasteiger partial charge in [0.15, 0.2) is 5.65 Å². The number of nitrogens with one attached hydrogen (secondary N) is 1. The zero-order valence-electron chi connectivity index (χ0n) is 16.6. The van der Waals surface area contributed by atoms with Gasteiger partial charge >= 0.3 is 0 Å². The summed E-state index contributed by atoms with van der Waals surface area (Å²) < 4.78 is 2.07. The number of aromatic nitrogens is 3. The second kappa shape index (κ2) is 7.95. The van der Waals surface area contributed by atoms with Crippen LogP contribution in [-0.4, -0.2) is 51.0 Å². The summed E-state index contributed by atoms with van der Waals surface area (Å²) in [5.74, 6) is 0.664. The number of hydrogen-bond donors (Lipinski definition) is 1. The highest BCUT2D eigenvalue weighted by Gasteiger charge is 2.33. The Balaban J connectivity index is 1.29. The standard InChI is InChI=1S/C23H27N5O/c29-23(27-12-9-20-18(15-27)7-4-10-24-20)19-13-21-22(25-14-19)28(16-26-21)11-8-17-5-2-1-3-6-17/h1-3,5-6,13-14,16,18,20,24H,4,7-12,15H2/t18-,20+/m1/s1. The summed E-state index contributed by atoms with van der Waals surface area (Å²) >= 11 is 0. The number of aryl methyl sites for hydroxylation is 2. The molecule has 0 spiro atoms. The maximum absolute atomic E-state index is 13.1. The monoisotopic (exact) mass is 389 g/mol. The Kier molecular flexibility index (Phi) is 5.02. The van der Waals surface area contributed by atoms with Crippen LogP contribution < -0.4 is 5.32 Å². The van der Waals surface area contributed by atoms with Crippen LogP contribution in [0.2, 0.25) is 0 Å². The van der Waals surface area contributed by atoms with Crippen LogP contribution in [0.3, 0.4) is 0 Å². The average Bonchev–Trinajstić information content (AvgIpc) is 3.20. The lowest BCUT2D eigenvalue weighted by molar-refractivity contribution is 0.0592. The molecular formula is C23H27N5O. The van der Waals surface area contributed by atoms with E-state index in [-0.39, 0.29) is 5.91 Å². The predicted molar refractivity (Wildman–Crippen MR) is 113 cm³/mol. The third-order valence-electron chi connectivity index (χ3n) is 6.37. The lowest BCUT2D eigenvalue weighted by Gasteiger charge is -2.41. The van der Waals surface area contributed by atoms with Crippen LogP contribution in [-0.2, 0) is 13.0 Å². The first-order valence-corrected chi connectivity index (χ1v) is 10.7. The molecule has 0 saturated carbocycles. The van der Waals surface area contributed by atoms with Crippen LogP contribution in [0.5, 0.6) is 0 Å². The molecule has 0 radical (unpaired) electrons. The molecule has 1 amide bonds. The van der Waals surface area contributed by atoms with Crippen molar-refractivity contribution < 1.29 is 4.79 Å². The van der Waals surface area contributed by atoms with Gasteiger partial charge in [-0.25, -0.2) is 9.97 Å². The highest BCUT2D eigenvalue weighted by molar-refractivity contribution is 5.96. The Morgan fingerprint density at radius 1 is 1.17 bits per heavy atom. The van der Waals surface area contributed by atoms with Crippen LogP contribution in [0.1, 0.15) is 35.2 Å². The number of rotatable bonds is 4. The minimum Gasteiger partial charge on any atom is -0.338 e. The van der Waals surface area contributed by atoms with E-state index in [1.54, 1.807) is 6.20 Å². The first-order chi connectivity index (χ1) is 14.3. The van der Waals surface area contributed by atoms with Gasteiger partial charge in [-0.2, -0.15) is 0 Å². The van der Waals surface area contributed by atoms with Crippen molar-refractivity contribution in [3.8, 4) is 0 Å². The van der Waals surface area contributed by atoms with Crippen molar-refractivity contribution >= 4 is 17.1 Å². The number of benzene rings is 1. The molecule has 3 aromatic rings. The second-order valence-electron chi connectivity index (χ2n) is 8.24. The van der Waals surface area contributed by atoms with Crippen LogP contribution in [0.4, 0.5) is 0 Å². The van der Waals surface area contributed by atoms with Gasteiger partial charge in [-0.1, -0.05) is 30.3 Å². The average molecular weight is 390 g/mol. The SMILES string of the molecule is O=C(c1cnc2c(c1)ncn2CCc1ccccc1)N1CC[C@@H]2NCCC[C@@H]2C1. The van der Waals surface area contributed by atoms with Gasteiger partial charge in [0.2, 0.25) is 0 Å². The fourth-order valence-corrected chi connectivity index (χ4v) is 4.74. The Morgan fingerprint density at radius 2 is 2.07 bits per heavy atom. The van der Waals surface area contributed by atoms with Gasteiger partial charge in [-0.3, -0.25) is 4.79 Å². The number of amides is 1. The van der Waals surface area contributed by atoms with Crippen LogP contribution in [0.15, 0.2) is 48.9 Å². The molecule has 29 heavy (non-hydrogen) atoms. The molecular weight excluding hydrogens is 362 g/mol. The third-order valence-corrected chi connectivity index (χ3v) is 6.37. The molecule has 2 aromatic heterocycles. The van der Waals surface area contributed by atoms with Crippen molar-refractivity contribution in [3.05, 3.63) is 60.0 Å². The van der Waals surface area contributed by atoms with E-state index >= 15 is 0 Å². The number of piperidine rings is 2. The molecule has 2 fully saturated rings. The van der Waals surface area contributed by atoms with Gasteiger partial charge in [0, 0.05) is 31.9 Å². The number of carbonyl (C=O) groups is 1. The van der Waals surface area contributed by atoms with Crippen LogP contribution >= 0.6 is 0 Å². The summed E-state index contributed by atoms with van der Waals surface area (Å²) in [6.45, 7) is 3.60. The lowest BCUT2D eigenvalue weighted by atomic mass is 9.85. The molecule has 0 aliphatic carbocycles. The second-order valence-corrected chi connectivity index (χ2v) is 8.24.